The maximum Gasteiger partial charge on any atom is 0.129 e. The molecular formula is C39H36IrN2OS-2. The molecule has 0 aliphatic rings. The van der Waals surface area contributed by atoms with E-state index in [1.54, 1.807) is 44.2 Å². The summed E-state index contributed by atoms with van der Waals surface area (Å²) in [6, 6.07) is 26.1. The van der Waals surface area contributed by atoms with Crippen LogP contribution in [0.15, 0.2) is 82.9 Å². The minimum absolute atomic E-state index is 0. The van der Waals surface area contributed by atoms with Gasteiger partial charge < -0.3 is 14.4 Å². The zero-order valence-electron chi connectivity index (χ0n) is 30.5. The number of thiophene rings is 1. The number of hydrogen-bond donors (Lipinski definition) is 0. The fraction of sp³-hybridized carbons (Fsp3) is 0.231. The van der Waals surface area contributed by atoms with Gasteiger partial charge in [-0.05, 0) is 72.5 Å². The summed E-state index contributed by atoms with van der Waals surface area (Å²) in [7, 11) is 0. The van der Waals surface area contributed by atoms with Crippen LogP contribution in [0.2, 0.25) is 0 Å². The predicted octanol–water partition coefficient (Wildman–Crippen LogP) is 11.0. The molecule has 0 atom stereocenters. The zero-order chi connectivity index (χ0) is 34.6. The molecule has 0 spiro atoms. The van der Waals surface area contributed by atoms with Crippen LogP contribution in [0.4, 0.5) is 0 Å². The maximum atomic E-state index is 8.78. The Labute approximate surface area is 284 Å². The molecule has 0 aliphatic heterocycles. The van der Waals surface area contributed by atoms with Gasteiger partial charge in [0.05, 0.1) is 5.58 Å². The molecule has 0 amide bonds. The van der Waals surface area contributed by atoms with Gasteiger partial charge in [-0.15, -0.1) is 64.9 Å². The van der Waals surface area contributed by atoms with Crippen molar-refractivity contribution in [2.45, 2.75) is 54.8 Å². The third kappa shape index (κ3) is 6.56. The van der Waals surface area contributed by atoms with Crippen LogP contribution in [-0.4, -0.2) is 9.97 Å². The van der Waals surface area contributed by atoms with Gasteiger partial charge >= 0.3 is 0 Å². The van der Waals surface area contributed by atoms with Crippen molar-refractivity contribution < 1.29 is 31.4 Å². The van der Waals surface area contributed by atoms with Gasteiger partial charge in [-0.25, -0.2) is 0 Å². The molecule has 4 aromatic heterocycles. The van der Waals surface area contributed by atoms with E-state index in [1.807, 2.05) is 35.8 Å². The molecular weight excluding hydrogens is 737 g/mol. The number of nitrogens with zero attached hydrogens (tertiary/aromatic N) is 2. The van der Waals surface area contributed by atoms with Crippen molar-refractivity contribution in [1.82, 2.24) is 9.97 Å². The van der Waals surface area contributed by atoms with Crippen LogP contribution in [-0.2, 0) is 26.5 Å². The summed E-state index contributed by atoms with van der Waals surface area (Å²) in [5.41, 5.74) is 7.38. The molecule has 4 heterocycles. The summed E-state index contributed by atoms with van der Waals surface area (Å²) in [6.45, 7) is 9.03. The van der Waals surface area contributed by atoms with E-state index in [2.05, 4.69) is 67.1 Å². The van der Waals surface area contributed by atoms with E-state index in [4.69, 9.17) is 11.3 Å². The average molecular weight is 778 g/mol. The van der Waals surface area contributed by atoms with Crippen molar-refractivity contribution in [1.29, 1.82) is 0 Å². The van der Waals surface area contributed by atoms with Crippen molar-refractivity contribution in [3.05, 3.63) is 118 Å². The van der Waals surface area contributed by atoms with Crippen molar-refractivity contribution in [3.63, 3.8) is 0 Å². The number of hydrogen-bond acceptors (Lipinski definition) is 4. The molecule has 0 bridgehead atoms. The second-order valence-corrected chi connectivity index (χ2v) is 12.8. The van der Waals surface area contributed by atoms with Crippen LogP contribution in [0.5, 0.6) is 0 Å². The van der Waals surface area contributed by atoms with Crippen molar-refractivity contribution >= 4 is 43.4 Å². The quantitative estimate of drug-likeness (QED) is 0.168. The third-order valence-electron chi connectivity index (χ3n) is 7.32. The fourth-order valence-electron chi connectivity index (χ4n) is 4.97. The Morgan fingerprint density at radius 1 is 0.841 bits per heavy atom. The number of pyridine rings is 2. The minimum atomic E-state index is -2.49. The number of furan rings is 1. The molecule has 3 nitrogen and oxygen atoms in total. The second-order valence-electron chi connectivity index (χ2n) is 11.9. The van der Waals surface area contributed by atoms with Crippen molar-refractivity contribution in [3.8, 4) is 22.5 Å². The van der Waals surface area contributed by atoms with Crippen LogP contribution in [0.25, 0.3) is 54.5 Å². The number of aromatic nitrogens is 2. The first-order chi connectivity index (χ1) is 22.6. The van der Waals surface area contributed by atoms with Crippen LogP contribution in [0, 0.1) is 45.2 Å². The Balaban J connectivity index is 0.000000246. The van der Waals surface area contributed by atoms with Crippen molar-refractivity contribution in [2.75, 3.05) is 0 Å². The molecule has 3 aromatic carbocycles. The zero-order valence-corrected chi connectivity index (χ0v) is 28.8. The third-order valence-corrected chi connectivity index (χ3v) is 8.20. The number of benzene rings is 3. The number of aryl methyl sites for hydroxylation is 4. The Kier molecular flexibility index (Phi) is 7.45. The van der Waals surface area contributed by atoms with Gasteiger partial charge in [0.2, 0.25) is 0 Å². The molecule has 0 saturated heterocycles. The molecule has 1 radical (unpaired) electrons. The van der Waals surface area contributed by atoms with E-state index >= 15 is 0 Å². The van der Waals surface area contributed by atoms with Gasteiger partial charge in [0.15, 0.2) is 0 Å². The van der Waals surface area contributed by atoms with Crippen molar-refractivity contribution in [2.24, 2.45) is 5.41 Å². The summed E-state index contributed by atoms with van der Waals surface area (Å²) in [4.78, 5) is 8.84. The van der Waals surface area contributed by atoms with Gasteiger partial charge in [-0.3, -0.25) is 0 Å². The Morgan fingerprint density at radius 2 is 1.61 bits per heavy atom. The van der Waals surface area contributed by atoms with E-state index in [-0.39, 0.29) is 31.2 Å². The first kappa shape index (κ1) is 25.7. The molecule has 0 unspecified atom stereocenters. The van der Waals surface area contributed by atoms with Gasteiger partial charge in [-0.1, -0.05) is 68.0 Å². The van der Waals surface area contributed by atoms with E-state index in [1.165, 1.54) is 22.9 Å². The topological polar surface area (TPSA) is 38.9 Å². The van der Waals surface area contributed by atoms with E-state index < -0.39 is 18.6 Å². The number of fused-ring (bicyclic) bond motifs is 5. The van der Waals surface area contributed by atoms with Gasteiger partial charge in [-0.2, -0.15) is 0 Å². The summed E-state index contributed by atoms with van der Waals surface area (Å²) in [6.07, 6.45) is 1.28. The molecule has 44 heavy (non-hydrogen) atoms. The standard InChI is InChI=1S/C25H22NOS.C14H14N.Ir/c1-15-14-26-21(12-16(15)13-25(2,3)4)19-7-5-6-17-18-8-9-22-20(10-11-28-22)24(18)27-23(17)19;1-10-4-6-13(7-5-10)14-8-11(2)12(3)9-15-14;/h5-6,8-12,14H,13H2,1-4H3;4-6,8-9H,1-3H3;/q2*-1;/i1D3,13D2;;. The van der Waals surface area contributed by atoms with E-state index in [0.29, 0.717) is 16.8 Å². The molecule has 0 aliphatic carbocycles. The molecule has 7 aromatic rings. The molecule has 5 heteroatoms. The summed E-state index contributed by atoms with van der Waals surface area (Å²) >= 11 is 1.65. The fourth-order valence-corrected chi connectivity index (χ4v) is 5.75. The number of rotatable bonds is 3. The van der Waals surface area contributed by atoms with E-state index in [0.717, 1.165) is 37.7 Å². The minimum Gasteiger partial charge on any atom is -0.500 e. The molecule has 225 valence electrons. The van der Waals surface area contributed by atoms with Crippen LogP contribution in [0.3, 0.4) is 0 Å². The smallest absolute Gasteiger partial charge is 0.129 e. The molecule has 0 fully saturated rings. The SMILES string of the molecule is Cc1c[c-]c(-c2cc(C)c(C)cn2)cc1.[2H]C([2H])([2H])c1cnc(-c2[c-]ccc3c2oc2c4ccsc4ccc32)cc1C([2H])([2H])C(C)(C)C.[Ir]. The monoisotopic (exact) mass is 778 g/mol. The summed E-state index contributed by atoms with van der Waals surface area (Å²) < 4.78 is 48.8. The Hall–Kier alpha value is -3.63. The molecule has 0 saturated carbocycles. The van der Waals surface area contributed by atoms with Crippen LogP contribution in [0.1, 0.15) is 55.4 Å². The summed E-state index contributed by atoms with van der Waals surface area (Å²) in [5, 5.41) is 4.96. The largest absolute Gasteiger partial charge is 0.500 e. The predicted molar refractivity (Wildman–Crippen MR) is 182 cm³/mol. The normalized spacial score (nSPS) is 13.7. The first-order valence-electron chi connectivity index (χ1n) is 16.7. The maximum absolute atomic E-state index is 8.78. The average Bonchev–Trinajstić information content (AvgIpc) is 3.67. The first-order valence-corrected chi connectivity index (χ1v) is 15.1. The van der Waals surface area contributed by atoms with E-state index in [9.17, 15) is 0 Å². The Bertz CT molecular complexity index is 2280. The molecule has 7 rings (SSSR count). The van der Waals surface area contributed by atoms with Crippen LogP contribution >= 0.6 is 11.3 Å². The molecule has 0 N–H and O–H groups in total. The van der Waals surface area contributed by atoms with Crippen LogP contribution < -0.4 is 0 Å². The second kappa shape index (κ2) is 12.8. The Morgan fingerprint density at radius 3 is 2.34 bits per heavy atom. The van der Waals surface area contributed by atoms with Gasteiger partial charge in [0.1, 0.15) is 5.58 Å². The van der Waals surface area contributed by atoms with Gasteiger partial charge in [0.25, 0.3) is 0 Å². The summed E-state index contributed by atoms with van der Waals surface area (Å²) in [5.74, 6) is 0. The van der Waals surface area contributed by atoms with Gasteiger partial charge in [0, 0.05) is 54.8 Å².